The number of hydrogen-bond donors (Lipinski definition) is 1. The van der Waals surface area contributed by atoms with Crippen LogP contribution in [0.25, 0.3) is 0 Å². The van der Waals surface area contributed by atoms with Gasteiger partial charge >= 0.3 is 0 Å². The molecule has 0 aliphatic heterocycles. The Kier molecular flexibility index (Phi) is 7.92. The van der Waals surface area contributed by atoms with Crippen molar-refractivity contribution in [2.75, 3.05) is 26.7 Å². The van der Waals surface area contributed by atoms with Gasteiger partial charge in [0.1, 0.15) is 6.61 Å². The molecule has 0 aliphatic carbocycles. The van der Waals surface area contributed by atoms with Crippen molar-refractivity contribution in [1.29, 1.82) is 0 Å². The molecule has 0 unspecified atom stereocenters. The second kappa shape index (κ2) is 9.50. The Morgan fingerprint density at radius 2 is 2.00 bits per heavy atom. The van der Waals surface area contributed by atoms with Gasteiger partial charge in [0.15, 0.2) is 0 Å². The van der Waals surface area contributed by atoms with Crippen LogP contribution in [0.3, 0.4) is 0 Å². The summed E-state index contributed by atoms with van der Waals surface area (Å²) in [6, 6.07) is 10.4. The average molecular weight is 278 g/mol. The molecule has 0 heterocycles. The van der Waals surface area contributed by atoms with Crippen molar-refractivity contribution in [1.82, 2.24) is 10.2 Å². The number of carbonyl (C=O) groups is 1. The van der Waals surface area contributed by atoms with E-state index in [0.29, 0.717) is 6.54 Å². The first-order valence-corrected chi connectivity index (χ1v) is 7.18. The summed E-state index contributed by atoms with van der Waals surface area (Å²) in [6.07, 6.45) is 1.04. The molecule has 1 aromatic rings. The molecular formula is C16H26N2O2. The molecule has 0 aromatic heterocycles. The molecule has 0 saturated heterocycles. The predicted octanol–water partition coefficient (Wildman–Crippen LogP) is 2.05. The molecule has 20 heavy (non-hydrogen) atoms. The monoisotopic (exact) mass is 278 g/mol. The van der Waals surface area contributed by atoms with Crippen molar-refractivity contribution in [3.05, 3.63) is 35.9 Å². The van der Waals surface area contributed by atoms with Crippen LogP contribution >= 0.6 is 0 Å². The Morgan fingerprint density at radius 3 is 2.65 bits per heavy atom. The van der Waals surface area contributed by atoms with E-state index in [1.165, 1.54) is 5.56 Å². The lowest BCUT2D eigenvalue weighted by Gasteiger charge is -2.16. The van der Waals surface area contributed by atoms with Gasteiger partial charge < -0.3 is 15.0 Å². The van der Waals surface area contributed by atoms with Gasteiger partial charge in [0, 0.05) is 13.1 Å². The third-order valence-electron chi connectivity index (χ3n) is 2.88. The van der Waals surface area contributed by atoms with E-state index in [4.69, 9.17) is 4.74 Å². The Hall–Kier alpha value is -1.39. The minimum atomic E-state index is -0.0376. The normalized spacial score (nSPS) is 11.1. The number of rotatable bonds is 9. The predicted molar refractivity (Wildman–Crippen MR) is 81.5 cm³/mol. The van der Waals surface area contributed by atoms with Gasteiger partial charge in [-0.1, -0.05) is 30.3 Å². The largest absolute Gasteiger partial charge is 0.369 e. The Morgan fingerprint density at radius 1 is 1.30 bits per heavy atom. The Bertz CT molecular complexity index is 379. The SMILES string of the molecule is CC(C)OCC(=O)NCCCN(C)Cc1ccccc1. The molecule has 112 valence electrons. The summed E-state index contributed by atoms with van der Waals surface area (Å²) in [4.78, 5) is 13.7. The number of ether oxygens (including phenoxy) is 1. The summed E-state index contributed by atoms with van der Waals surface area (Å²) in [5.41, 5.74) is 1.31. The molecule has 0 saturated carbocycles. The zero-order valence-electron chi connectivity index (χ0n) is 12.8. The Balaban J connectivity index is 2.07. The number of amides is 1. The van der Waals surface area contributed by atoms with Crippen molar-refractivity contribution < 1.29 is 9.53 Å². The van der Waals surface area contributed by atoms with Gasteiger partial charge in [0.05, 0.1) is 6.10 Å². The molecule has 4 nitrogen and oxygen atoms in total. The van der Waals surface area contributed by atoms with Gasteiger partial charge in [0.25, 0.3) is 0 Å². The van der Waals surface area contributed by atoms with Gasteiger partial charge in [-0.2, -0.15) is 0 Å². The highest BCUT2D eigenvalue weighted by molar-refractivity contribution is 5.77. The van der Waals surface area contributed by atoms with Gasteiger partial charge in [-0.05, 0) is 39.4 Å². The van der Waals surface area contributed by atoms with Crippen LogP contribution in [0.15, 0.2) is 30.3 Å². The van der Waals surface area contributed by atoms with E-state index < -0.39 is 0 Å². The summed E-state index contributed by atoms with van der Waals surface area (Å²) >= 11 is 0. The van der Waals surface area contributed by atoms with Crippen molar-refractivity contribution >= 4 is 5.91 Å². The third kappa shape index (κ3) is 7.92. The second-order valence-corrected chi connectivity index (χ2v) is 5.29. The lowest BCUT2D eigenvalue weighted by atomic mass is 10.2. The van der Waals surface area contributed by atoms with Crippen molar-refractivity contribution in [3.8, 4) is 0 Å². The van der Waals surface area contributed by atoms with E-state index in [1.54, 1.807) is 0 Å². The van der Waals surface area contributed by atoms with Gasteiger partial charge in [-0.15, -0.1) is 0 Å². The highest BCUT2D eigenvalue weighted by Crippen LogP contribution is 2.02. The van der Waals surface area contributed by atoms with E-state index in [9.17, 15) is 4.79 Å². The van der Waals surface area contributed by atoms with Crippen LogP contribution in [0.2, 0.25) is 0 Å². The molecule has 0 spiro atoms. The molecule has 1 amide bonds. The van der Waals surface area contributed by atoms with Crippen LogP contribution in [0.4, 0.5) is 0 Å². The summed E-state index contributed by atoms with van der Waals surface area (Å²) in [7, 11) is 2.09. The number of benzene rings is 1. The topological polar surface area (TPSA) is 41.6 Å². The van der Waals surface area contributed by atoms with Crippen molar-refractivity contribution in [2.24, 2.45) is 0 Å². The van der Waals surface area contributed by atoms with Crippen LogP contribution in [-0.4, -0.2) is 43.7 Å². The maximum Gasteiger partial charge on any atom is 0.246 e. The van der Waals surface area contributed by atoms with Crippen molar-refractivity contribution in [3.63, 3.8) is 0 Å². The molecule has 1 rings (SSSR count). The smallest absolute Gasteiger partial charge is 0.246 e. The molecule has 0 aliphatic rings. The zero-order chi connectivity index (χ0) is 14.8. The first kappa shape index (κ1) is 16.7. The summed E-state index contributed by atoms with van der Waals surface area (Å²) < 4.78 is 5.24. The van der Waals surface area contributed by atoms with E-state index in [-0.39, 0.29) is 18.6 Å². The fraction of sp³-hybridized carbons (Fsp3) is 0.562. The molecule has 1 aromatic carbocycles. The average Bonchev–Trinajstić information content (AvgIpc) is 2.42. The summed E-state index contributed by atoms with van der Waals surface area (Å²) in [6.45, 7) is 6.58. The van der Waals surface area contributed by atoms with Gasteiger partial charge in [-0.25, -0.2) is 0 Å². The lowest BCUT2D eigenvalue weighted by molar-refractivity contribution is -0.127. The van der Waals surface area contributed by atoms with E-state index in [2.05, 4.69) is 41.5 Å². The standard InChI is InChI=1S/C16H26N2O2/c1-14(2)20-13-16(19)17-10-7-11-18(3)12-15-8-5-4-6-9-15/h4-6,8-9,14H,7,10-13H2,1-3H3,(H,17,19). The maximum atomic E-state index is 11.4. The Labute approximate surface area is 122 Å². The van der Waals surface area contributed by atoms with Crippen LogP contribution in [0.5, 0.6) is 0 Å². The van der Waals surface area contributed by atoms with Gasteiger partial charge in [-0.3, -0.25) is 4.79 Å². The quantitative estimate of drug-likeness (QED) is 0.703. The number of hydrogen-bond acceptors (Lipinski definition) is 3. The molecule has 0 bridgehead atoms. The minimum Gasteiger partial charge on any atom is -0.369 e. The highest BCUT2D eigenvalue weighted by atomic mass is 16.5. The van der Waals surface area contributed by atoms with Crippen LogP contribution in [0, 0.1) is 0 Å². The minimum absolute atomic E-state index is 0.0376. The number of carbonyl (C=O) groups excluding carboxylic acids is 1. The summed E-state index contributed by atoms with van der Waals surface area (Å²) in [5, 5.41) is 2.87. The van der Waals surface area contributed by atoms with Gasteiger partial charge in [0.2, 0.25) is 5.91 Å². The van der Waals surface area contributed by atoms with Crippen LogP contribution in [-0.2, 0) is 16.1 Å². The molecule has 4 heteroatoms. The fourth-order valence-corrected chi connectivity index (χ4v) is 1.84. The highest BCUT2D eigenvalue weighted by Gasteiger charge is 2.03. The van der Waals surface area contributed by atoms with Crippen molar-refractivity contribution in [2.45, 2.75) is 32.9 Å². The second-order valence-electron chi connectivity index (χ2n) is 5.29. The lowest BCUT2D eigenvalue weighted by Crippen LogP contribution is -2.31. The zero-order valence-corrected chi connectivity index (χ0v) is 12.8. The molecule has 0 atom stereocenters. The van der Waals surface area contributed by atoms with E-state index in [0.717, 1.165) is 19.5 Å². The first-order chi connectivity index (χ1) is 9.58. The summed E-state index contributed by atoms with van der Waals surface area (Å²) in [5.74, 6) is -0.0376. The van der Waals surface area contributed by atoms with E-state index in [1.807, 2.05) is 19.9 Å². The third-order valence-corrected chi connectivity index (χ3v) is 2.88. The molecular weight excluding hydrogens is 252 g/mol. The van der Waals surface area contributed by atoms with E-state index >= 15 is 0 Å². The van der Waals surface area contributed by atoms with Crippen LogP contribution in [0.1, 0.15) is 25.8 Å². The maximum absolute atomic E-state index is 11.4. The number of nitrogens with zero attached hydrogens (tertiary/aromatic N) is 1. The molecule has 0 fully saturated rings. The number of nitrogens with one attached hydrogen (secondary N) is 1. The molecule has 1 N–H and O–H groups in total. The first-order valence-electron chi connectivity index (χ1n) is 7.18. The van der Waals surface area contributed by atoms with Crippen LogP contribution < -0.4 is 5.32 Å². The fourth-order valence-electron chi connectivity index (χ4n) is 1.84. The molecule has 0 radical (unpaired) electrons.